The number of anilines is 2. The lowest BCUT2D eigenvalue weighted by atomic mass is 10.1. The van der Waals surface area contributed by atoms with Gasteiger partial charge in [0.15, 0.2) is 0 Å². The van der Waals surface area contributed by atoms with Gasteiger partial charge in [0.1, 0.15) is 5.82 Å². The minimum atomic E-state index is -0.437. The second-order valence-corrected chi connectivity index (χ2v) is 4.72. The molecule has 0 heterocycles. The van der Waals surface area contributed by atoms with E-state index in [4.69, 9.17) is 0 Å². The number of hydrogen-bond acceptors (Lipinski definition) is 2. The molecule has 4 heteroatoms. The molecule has 3 nitrogen and oxygen atoms in total. The standard InChI is InChI=1S/C16H17FN2O/c1-10-4-6-13(17)15(8-10)19-16(20)12-5-7-14(18-3)11(2)9-12/h4-9,18H,1-3H3,(H,19,20). The van der Waals surface area contributed by atoms with E-state index >= 15 is 0 Å². The molecule has 0 aromatic heterocycles. The van der Waals surface area contributed by atoms with Gasteiger partial charge < -0.3 is 10.6 Å². The van der Waals surface area contributed by atoms with E-state index < -0.39 is 5.82 Å². The van der Waals surface area contributed by atoms with E-state index in [2.05, 4.69) is 10.6 Å². The molecule has 0 saturated carbocycles. The number of carbonyl (C=O) groups excluding carboxylic acids is 1. The smallest absolute Gasteiger partial charge is 0.255 e. The lowest BCUT2D eigenvalue weighted by Crippen LogP contribution is -2.13. The van der Waals surface area contributed by atoms with Crippen LogP contribution in [0.5, 0.6) is 0 Å². The number of halogens is 1. The van der Waals surface area contributed by atoms with Crippen LogP contribution in [0.3, 0.4) is 0 Å². The van der Waals surface area contributed by atoms with E-state index in [1.54, 1.807) is 24.3 Å². The van der Waals surface area contributed by atoms with E-state index in [0.717, 1.165) is 16.8 Å². The molecule has 0 aliphatic carbocycles. The van der Waals surface area contributed by atoms with Crippen molar-refractivity contribution in [2.75, 3.05) is 17.7 Å². The van der Waals surface area contributed by atoms with Crippen LogP contribution in [0.2, 0.25) is 0 Å². The van der Waals surface area contributed by atoms with Crippen LogP contribution in [0.1, 0.15) is 21.5 Å². The molecule has 0 atom stereocenters. The number of nitrogens with one attached hydrogen (secondary N) is 2. The highest BCUT2D eigenvalue weighted by atomic mass is 19.1. The molecule has 0 fully saturated rings. The highest BCUT2D eigenvalue weighted by Crippen LogP contribution is 2.19. The Morgan fingerprint density at radius 3 is 2.45 bits per heavy atom. The molecule has 0 radical (unpaired) electrons. The van der Waals surface area contributed by atoms with Crippen molar-refractivity contribution in [2.45, 2.75) is 13.8 Å². The van der Waals surface area contributed by atoms with Crippen LogP contribution in [0.4, 0.5) is 15.8 Å². The molecule has 0 aliphatic heterocycles. The molecule has 104 valence electrons. The van der Waals surface area contributed by atoms with Crippen LogP contribution in [-0.4, -0.2) is 13.0 Å². The first-order valence-electron chi connectivity index (χ1n) is 6.37. The van der Waals surface area contributed by atoms with Gasteiger partial charge in [-0.1, -0.05) is 6.07 Å². The number of amides is 1. The van der Waals surface area contributed by atoms with Crippen LogP contribution in [0.25, 0.3) is 0 Å². The van der Waals surface area contributed by atoms with Crippen molar-refractivity contribution in [1.29, 1.82) is 0 Å². The first-order chi connectivity index (χ1) is 9.51. The average molecular weight is 272 g/mol. The van der Waals surface area contributed by atoms with Crippen molar-refractivity contribution in [3.8, 4) is 0 Å². The number of hydrogen-bond donors (Lipinski definition) is 2. The van der Waals surface area contributed by atoms with E-state index in [-0.39, 0.29) is 11.6 Å². The number of rotatable bonds is 3. The SMILES string of the molecule is CNc1ccc(C(=O)Nc2cc(C)ccc2F)cc1C. The van der Waals surface area contributed by atoms with Crippen LogP contribution >= 0.6 is 0 Å². The highest BCUT2D eigenvalue weighted by Gasteiger charge is 2.10. The van der Waals surface area contributed by atoms with Gasteiger partial charge in [0.05, 0.1) is 5.69 Å². The summed E-state index contributed by atoms with van der Waals surface area (Å²) in [4.78, 5) is 12.1. The normalized spacial score (nSPS) is 10.2. The molecule has 0 saturated heterocycles. The van der Waals surface area contributed by atoms with Crippen molar-refractivity contribution >= 4 is 17.3 Å². The fourth-order valence-corrected chi connectivity index (χ4v) is 2.01. The van der Waals surface area contributed by atoms with Crippen molar-refractivity contribution in [3.63, 3.8) is 0 Å². The molecular formula is C16H17FN2O. The summed E-state index contributed by atoms with van der Waals surface area (Å²) >= 11 is 0. The third kappa shape index (κ3) is 2.96. The predicted molar refractivity (Wildman–Crippen MR) is 79.8 cm³/mol. The third-order valence-electron chi connectivity index (χ3n) is 3.13. The molecule has 1 amide bonds. The van der Waals surface area contributed by atoms with Gasteiger partial charge in [-0.2, -0.15) is 0 Å². The minimum Gasteiger partial charge on any atom is -0.388 e. The maximum Gasteiger partial charge on any atom is 0.255 e. The molecule has 0 unspecified atom stereocenters. The molecule has 0 bridgehead atoms. The van der Waals surface area contributed by atoms with Crippen molar-refractivity contribution in [3.05, 3.63) is 58.9 Å². The quantitative estimate of drug-likeness (QED) is 0.893. The van der Waals surface area contributed by atoms with Gasteiger partial charge in [-0.3, -0.25) is 4.79 Å². The van der Waals surface area contributed by atoms with Crippen molar-refractivity contribution in [2.24, 2.45) is 0 Å². The third-order valence-corrected chi connectivity index (χ3v) is 3.13. The Morgan fingerprint density at radius 2 is 1.80 bits per heavy atom. The summed E-state index contributed by atoms with van der Waals surface area (Å²) in [5, 5.41) is 5.63. The number of benzene rings is 2. The van der Waals surface area contributed by atoms with Gasteiger partial charge in [0.2, 0.25) is 0 Å². The van der Waals surface area contributed by atoms with Gasteiger partial charge in [-0.15, -0.1) is 0 Å². The highest BCUT2D eigenvalue weighted by molar-refractivity contribution is 6.04. The van der Waals surface area contributed by atoms with Crippen LogP contribution in [0, 0.1) is 19.7 Å². The van der Waals surface area contributed by atoms with Crippen molar-refractivity contribution in [1.82, 2.24) is 0 Å². The zero-order chi connectivity index (χ0) is 14.7. The Bertz CT molecular complexity index is 653. The van der Waals surface area contributed by atoms with Gasteiger partial charge in [-0.05, 0) is 55.3 Å². The number of aryl methyl sites for hydroxylation is 2. The first-order valence-corrected chi connectivity index (χ1v) is 6.37. The number of carbonyl (C=O) groups is 1. The molecule has 20 heavy (non-hydrogen) atoms. The second kappa shape index (κ2) is 5.74. The van der Waals surface area contributed by atoms with E-state index in [1.807, 2.05) is 27.0 Å². The van der Waals surface area contributed by atoms with E-state index in [0.29, 0.717) is 5.56 Å². The maximum atomic E-state index is 13.6. The van der Waals surface area contributed by atoms with E-state index in [1.165, 1.54) is 6.07 Å². The zero-order valence-electron chi connectivity index (χ0n) is 11.8. The summed E-state index contributed by atoms with van der Waals surface area (Å²) in [5.74, 6) is -0.757. The van der Waals surface area contributed by atoms with Crippen molar-refractivity contribution < 1.29 is 9.18 Å². The summed E-state index contributed by atoms with van der Waals surface area (Å²) in [5.41, 5.74) is 3.52. The Hall–Kier alpha value is -2.36. The monoisotopic (exact) mass is 272 g/mol. The van der Waals surface area contributed by atoms with Gasteiger partial charge >= 0.3 is 0 Å². The molecule has 0 spiro atoms. The summed E-state index contributed by atoms with van der Waals surface area (Å²) in [6.07, 6.45) is 0. The topological polar surface area (TPSA) is 41.1 Å². The summed E-state index contributed by atoms with van der Waals surface area (Å²) in [7, 11) is 1.82. The van der Waals surface area contributed by atoms with Crippen LogP contribution in [0.15, 0.2) is 36.4 Å². The first kappa shape index (κ1) is 14.1. The second-order valence-electron chi connectivity index (χ2n) is 4.72. The molecular weight excluding hydrogens is 255 g/mol. The van der Waals surface area contributed by atoms with Gasteiger partial charge in [-0.25, -0.2) is 4.39 Å². The van der Waals surface area contributed by atoms with Gasteiger partial charge in [0.25, 0.3) is 5.91 Å². The zero-order valence-corrected chi connectivity index (χ0v) is 11.8. The molecule has 2 N–H and O–H groups in total. The predicted octanol–water partition coefficient (Wildman–Crippen LogP) is 3.74. The Balaban J connectivity index is 2.24. The molecule has 0 aliphatic rings. The van der Waals surface area contributed by atoms with E-state index in [9.17, 15) is 9.18 Å². The van der Waals surface area contributed by atoms with Crippen LogP contribution in [-0.2, 0) is 0 Å². The summed E-state index contributed by atoms with van der Waals surface area (Å²) in [6, 6.07) is 9.94. The fourth-order valence-electron chi connectivity index (χ4n) is 2.01. The minimum absolute atomic E-state index is 0.199. The molecule has 2 aromatic carbocycles. The maximum absolute atomic E-state index is 13.6. The Morgan fingerprint density at radius 1 is 1.05 bits per heavy atom. The largest absolute Gasteiger partial charge is 0.388 e. The summed E-state index contributed by atoms with van der Waals surface area (Å²) < 4.78 is 13.6. The lowest BCUT2D eigenvalue weighted by Gasteiger charge is -2.10. The Kier molecular flexibility index (Phi) is 4.03. The molecule has 2 rings (SSSR count). The average Bonchev–Trinajstić information content (AvgIpc) is 2.42. The fraction of sp³-hybridized carbons (Fsp3) is 0.188. The summed E-state index contributed by atoms with van der Waals surface area (Å²) in [6.45, 7) is 3.76. The Labute approximate surface area is 117 Å². The van der Waals surface area contributed by atoms with Crippen LogP contribution < -0.4 is 10.6 Å². The van der Waals surface area contributed by atoms with Gasteiger partial charge in [0, 0.05) is 18.3 Å². The lowest BCUT2D eigenvalue weighted by molar-refractivity contribution is 0.102. The molecule has 2 aromatic rings.